The smallest absolute Gasteiger partial charge is 0.306 e. The standard InChI is InChI=1S/C57H98O6/c1-4-7-10-13-16-19-22-24-26-27-28-29-31-32-35-38-41-44-47-50-56(59)62-53-54(52-61-55(58)49-46-43-40-37-34-21-18-15-12-9-6-3)63-57(60)51-48-45-42-39-36-33-30-25-23-20-17-14-11-8-5-2/h7,10,15-16,18-19,24-26,28-30,54H,4-6,8-9,11-14,17,20-23,27,31-53H2,1-3H3/b10-7-,18-15-,19-16-,26-24-,29-28-,30-25-. The Morgan fingerprint density at radius 2 is 0.635 bits per heavy atom. The molecule has 0 aliphatic heterocycles. The molecule has 0 aliphatic carbocycles. The highest BCUT2D eigenvalue weighted by atomic mass is 16.6. The Bertz CT molecular complexity index is 1190. The van der Waals surface area contributed by atoms with Gasteiger partial charge in [-0.15, -0.1) is 0 Å². The van der Waals surface area contributed by atoms with E-state index in [2.05, 4.69) is 93.7 Å². The molecular weight excluding hydrogens is 781 g/mol. The number of carbonyl (C=O) groups is 3. The molecule has 0 bridgehead atoms. The summed E-state index contributed by atoms with van der Waals surface area (Å²) in [6.45, 7) is 6.46. The van der Waals surface area contributed by atoms with Gasteiger partial charge >= 0.3 is 17.9 Å². The highest BCUT2D eigenvalue weighted by Crippen LogP contribution is 2.14. The van der Waals surface area contributed by atoms with E-state index in [1.165, 1.54) is 103 Å². The monoisotopic (exact) mass is 879 g/mol. The van der Waals surface area contributed by atoms with Crippen LogP contribution >= 0.6 is 0 Å². The summed E-state index contributed by atoms with van der Waals surface area (Å²) in [5, 5.41) is 0. The van der Waals surface area contributed by atoms with Gasteiger partial charge in [0.2, 0.25) is 0 Å². The van der Waals surface area contributed by atoms with Crippen molar-refractivity contribution in [2.24, 2.45) is 0 Å². The van der Waals surface area contributed by atoms with Gasteiger partial charge in [0.15, 0.2) is 6.10 Å². The fraction of sp³-hybridized carbons (Fsp3) is 0.737. The molecule has 0 aromatic rings. The third kappa shape index (κ3) is 49.7. The number of allylic oxidation sites excluding steroid dienone is 12. The van der Waals surface area contributed by atoms with E-state index in [4.69, 9.17) is 14.2 Å². The molecule has 362 valence electrons. The normalized spacial score (nSPS) is 12.6. The first-order chi connectivity index (χ1) is 31.0. The molecule has 6 nitrogen and oxygen atoms in total. The molecule has 0 spiro atoms. The summed E-state index contributed by atoms with van der Waals surface area (Å²) >= 11 is 0. The summed E-state index contributed by atoms with van der Waals surface area (Å²) < 4.78 is 16.8. The summed E-state index contributed by atoms with van der Waals surface area (Å²) in [4.78, 5) is 38.0. The molecule has 1 unspecified atom stereocenters. The van der Waals surface area contributed by atoms with Crippen LogP contribution in [0, 0.1) is 0 Å². The van der Waals surface area contributed by atoms with E-state index < -0.39 is 6.10 Å². The molecule has 63 heavy (non-hydrogen) atoms. The highest BCUT2D eigenvalue weighted by molar-refractivity contribution is 5.71. The molecule has 0 N–H and O–H groups in total. The van der Waals surface area contributed by atoms with Crippen molar-refractivity contribution in [2.45, 2.75) is 258 Å². The lowest BCUT2D eigenvalue weighted by molar-refractivity contribution is -0.167. The van der Waals surface area contributed by atoms with Crippen LogP contribution in [0.5, 0.6) is 0 Å². The Balaban J connectivity index is 4.39. The lowest BCUT2D eigenvalue weighted by atomic mass is 10.1. The lowest BCUT2D eigenvalue weighted by Crippen LogP contribution is -2.30. The molecule has 0 rings (SSSR count). The highest BCUT2D eigenvalue weighted by Gasteiger charge is 2.19. The Kier molecular flexibility index (Phi) is 48.9. The third-order valence-corrected chi connectivity index (χ3v) is 11.2. The maximum atomic E-state index is 12.8. The number of carbonyl (C=O) groups excluding carboxylic acids is 3. The Morgan fingerprint density at radius 1 is 0.333 bits per heavy atom. The SMILES string of the molecule is CC/C=C\C/C=C\C/C=C\C/C=C\CCCCCCCCC(=O)OCC(COC(=O)CCCCCCC/C=C\CCCC)OC(=O)CCCCCCC/C=C\CCCCCCCC. The molecule has 6 heteroatoms. The fourth-order valence-corrected chi connectivity index (χ4v) is 7.17. The summed E-state index contributed by atoms with van der Waals surface area (Å²) in [6, 6.07) is 0. The lowest BCUT2D eigenvalue weighted by Gasteiger charge is -2.18. The number of esters is 3. The van der Waals surface area contributed by atoms with Crippen molar-refractivity contribution in [3.8, 4) is 0 Å². The van der Waals surface area contributed by atoms with Gasteiger partial charge in [-0.1, -0.05) is 203 Å². The molecule has 0 saturated heterocycles. The van der Waals surface area contributed by atoms with Gasteiger partial charge in [0.05, 0.1) is 0 Å². The van der Waals surface area contributed by atoms with Gasteiger partial charge < -0.3 is 14.2 Å². The van der Waals surface area contributed by atoms with Gasteiger partial charge in [0, 0.05) is 19.3 Å². The first-order valence-corrected chi connectivity index (χ1v) is 26.4. The van der Waals surface area contributed by atoms with Gasteiger partial charge in [-0.25, -0.2) is 0 Å². The van der Waals surface area contributed by atoms with Crippen LogP contribution in [0.1, 0.15) is 252 Å². The Hall–Kier alpha value is -3.15. The fourth-order valence-electron chi connectivity index (χ4n) is 7.17. The second-order valence-electron chi connectivity index (χ2n) is 17.4. The van der Waals surface area contributed by atoms with Gasteiger partial charge in [-0.3, -0.25) is 14.4 Å². The quantitative estimate of drug-likeness (QED) is 0.0262. The number of hydrogen-bond acceptors (Lipinski definition) is 6. The van der Waals surface area contributed by atoms with Crippen LogP contribution in [0.4, 0.5) is 0 Å². The van der Waals surface area contributed by atoms with Crippen LogP contribution in [0.3, 0.4) is 0 Å². The minimum Gasteiger partial charge on any atom is -0.462 e. The number of unbranched alkanes of at least 4 members (excludes halogenated alkanes) is 24. The van der Waals surface area contributed by atoms with E-state index in [1.807, 2.05) is 0 Å². The summed E-state index contributed by atoms with van der Waals surface area (Å²) in [5.74, 6) is -0.917. The maximum absolute atomic E-state index is 12.8. The van der Waals surface area contributed by atoms with Gasteiger partial charge in [-0.2, -0.15) is 0 Å². The summed E-state index contributed by atoms with van der Waals surface area (Å²) in [7, 11) is 0. The first-order valence-electron chi connectivity index (χ1n) is 26.4. The van der Waals surface area contributed by atoms with Crippen LogP contribution in [0.15, 0.2) is 72.9 Å². The van der Waals surface area contributed by atoms with Gasteiger partial charge in [-0.05, 0) is 103 Å². The predicted octanol–water partition coefficient (Wildman–Crippen LogP) is 17.4. The van der Waals surface area contributed by atoms with E-state index in [-0.39, 0.29) is 31.1 Å². The molecule has 0 aromatic heterocycles. The molecule has 0 aromatic carbocycles. The molecule has 0 saturated carbocycles. The molecule has 1 atom stereocenters. The molecule has 0 radical (unpaired) electrons. The molecule has 0 fully saturated rings. The summed E-state index contributed by atoms with van der Waals surface area (Å²) in [5.41, 5.74) is 0. The average molecular weight is 879 g/mol. The van der Waals surface area contributed by atoms with E-state index in [0.29, 0.717) is 19.3 Å². The zero-order valence-electron chi connectivity index (χ0n) is 41.3. The van der Waals surface area contributed by atoms with Crippen LogP contribution < -0.4 is 0 Å². The van der Waals surface area contributed by atoms with Crippen molar-refractivity contribution in [2.75, 3.05) is 13.2 Å². The van der Waals surface area contributed by atoms with Crippen molar-refractivity contribution in [3.63, 3.8) is 0 Å². The second kappa shape index (κ2) is 51.5. The van der Waals surface area contributed by atoms with Gasteiger partial charge in [0.25, 0.3) is 0 Å². The third-order valence-electron chi connectivity index (χ3n) is 11.2. The van der Waals surface area contributed by atoms with E-state index in [1.54, 1.807) is 0 Å². The summed E-state index contributed by atoms with van der Waals surface area (Å²) in [6.07, 6.45) is 64.5. The predicted molar refractivity (Wildman–Crippen MR) is 270 cm³/mol. The minimum absolute atomic E-state index is 0.0878. The van der Waals surface area contributed by atoms with Crippen molar-refractivity contribution < 1.29 is 28.6 Å². The number of hydrogen-bond donors (Lipinski definition) is 0. The molecule has 0 heterocycles. The van der Waals surface area contributed by atoms with Crippen LogP contribution in [0.25, 0.3) is 0 Å². The van der Waals surface area contributed by atoms with Gasteiger partial charge in [0.1, 0.15) is 13.2 Å². The van der Waals surface area contributed by atoms with Crippen molar-refractivity contribution >= 4 is 17.9 Å². The van der Waals surface area contributed by atoms with Crippen molar-refractivity contribution in [3.05, 3.63) is 72.9 Å². The topological polar surface area (TPSA) is 78.9 Å². The maximum Gasteiger partial charge on any atom is 0.306 e. The Morgan fingerprint density at radius 3 is 1.03 bits per heavy atom. The molecular formula is C57H98O6. The molecule has 0 aliphatic rings. The van der Waals surface area contributed by atoms with Crippen molar-refractivity contribution in [1.82, 2.24) is 0 Å². The zero-order valence-corrected chi connectivity index (χ0v) is 41.3. The average Bonchev–Trinajstić information content (AvgIpc) is 3.28. The number of rotatable bonds is 47. The van der Waals surface area contributed by atoms with E-state index in [9.17, 15) is 14.4 Å². The zero-order chi connectivity index (χ0) is 45.8. The Labute approximate surface area is 389 Å². The first kappa shape index (κ1) is 59.9. The van der Waals surface area contributed by atoms with E-state index >= 15 is 0 Å². The number of ether oxygens (including phenoxy) is 3. The van der Waals surface area contributed by atoms with Crippen molar-refractivity contribution in [1.29, 1.82) is 0 Å². The van der Waals surface area contributed by atoms with Crippen LogP contribution in [-0.4, -0.2) is 37.2 Å². The van der Waals surface area contributed by atoms with E-state index in [0.717, 1.165) is 109 Å². The second-order valence-corrected chi connectivity index (χ2v) is 17.4. The minimum atomic E-state index is -0.788. The largest absolute Gasteiger partial charge is 0.462 e. The molecule has 0 amide bonds. The van der Waals surface area contributed by atoms with Crippen LogP contribution in [-0.2, 0) is 28.6 Å². The van der Waals surface area contributed by atoms with Crippen LogP contribution in [0.2, 0.25) is 0 Å².